The summed E-state index contributed by atoms with van der Waals surface area (Å²) < 4.78 is 5.60. The van der Waals surface area contributed by atoms with E-state index >= 15 is 0 Å². The number of hydrazone groups is 1. The van der Waals surface area contributed by atoms with Crippen molar-refractivity contribution >= 4 is 39.6 Å². The minimum absolute atomic E-state index is 0.305. The smallest absolute Gasteiger partial charge is 0.344 e. The Balaban J connectivity index is 1.27. The lowest BCUT2D eigenvalue weighted by molar-refractivity contribution is 0.0736. The minimum Gasteiger partial charge on any atom is -0.423 e. The fourth-order valence-corrected chi connectivity index (χ4v) is 3.78. The van der Waals surface area contributed by atoms with Crippen LogP contribution in [0.5, 0.6) is 5.75 Å². The molecule has 5 aromatic carbocycles. The predicted octanol–water partition coefficient (Wildman–Crippen LogP) is 5.98. The molecule has 0 atom stereocenters. The van der Waals surface area contributed by atoms with Crippen LogP contribution in [0.3, 0.4) is 0 Å². The maximum Gasteiger partial charge on any atom is 0.344 e. The number of ether oxygens (including phenoxy) is 1. The summed E-state index contributed by atoms with van der Waals surface area (Å²) in [6.07, 6.45) is 1.51. The van der Waals surface area contributed by atoms with E-state index < -0.39 is 5.97 Å². The fraction of sp³-hybridized carbons (Fsp3) is 0. The van der Waals surface area contributed by atoms with Crippen LogP contribution in [-0.4, -0.2) is 18.1 Å². The Hall–Kier alpha value is -4.77. The van der Waals surface area contributed by atoms with Crippen LogP contribution >= 0.6 is 0 Å². The zero-order valence-corrected chi connectivity index (χ0v) is 18.1. The van der Waals surface area contributed by atoms with Crippen LogP contribution in [0.4, 0.5) is 0 Å². The van der Waals surface area contributed by atoms with Crippen molar-refractivity contribution in [1.29, 1.82) is 0 Å². The van der Waals surface area contributed by atoms with E-state index in [0.29, 0.717) is 22.4 Å². The highest BCUT2D eigenvalue weighted by Crippen LogP contribution is 2.21. The Morgan fingerprint density at radius 2 is 1.44 bits per heavy atom. The second-order valence-corrected chi connectivity index (χ2v) is 7.75. The molecule has 0 aliphatic rings. The Morgan fingerprint density at radius 1 is 0.706 bits per heavy atom. The van der Waals surface area contributed by atoms with E-state index in [1.54, 1.807) is 36.4 Å². The lowest BCUT2D eigenvalue weighted by atomic mass is 10.0. The van der Waals surface area contributed by atoms with Gasteiger partial charge in [-0.1, -0.05) is 78.9 Å². The number of nitrogens with one attached hydrogen (secondary N) is 1. The molecule has 0 aromatic heterocycles. The standard InChI is InChI=1S/C29H20N2O3/c32-28(24-16-15-21-8-1-2-10-23(21)18-24)31-30-19-20-7-5-12-25(17-20)34-29(33)27-14-6-11-22-9-3-4-13-26(22)27/h1-19H,(H,31,32)/b30-19-. The number of hydrogen-bond donors (Lipinski definition) is 1. The summed E-state index contributed by atoms with van der Waals surface area (Å²) in [7, 11) is 0. The number of benzene rings is 5. The molecular formula is C29H20N2O3. The first-order valence-corrected chi connectivity index (χ1v) is 10.8. The quantitative estimate of drug-likeness (QED) is 0.157. The van der Waals surface area contributed by atoms with E-state index in [0.717, 1.165) is 21.5 Å². The summed E-state index contributed by atoms with van der Waals surface area (Å²) in [5.74, 6) is -0.348. The van der Waals surface area contributed by atoms with E-state index in [4.69, 9.17) is 4.74 Å². The molecule has 5 rings (SSSR count). The fourth-order valence-electron chi connectivity index (χ4n) is 3.78. The van der Waals surface area contributed by atoms with Gasteiger partial charge in [-0.15, -0.1) is 0 Å². The summed E-state index contributed by atoms with van der Waals surface area (Å²) in [6.45, 7) is 0. The Labute approximate surface area is 196 Å². The maximum absolute atomic E-state index is 12.8. The molecule has 1 amide bonds. The molecule has 164 valence electrons. The Bertz CT molecular complexity index is 1550. The summed E-state index contributed by atoms with van der Waals surface area (Å²) in [5.41, 5.74) is 4.25. The first kappa shape index (κ1) is 21.1. The van der Waals surface area contributed by atoms with Gasteiger partial charge >= 0.3 is 5.97 Å². The third-order valence-electron chi connectivity index (χ3n) is 5.47. The first-order valence-electron chi connectivity index (χ1n) is 10.8. The topological polar surface area (TPSA) is 67.8 Å². The molecule has 0 unspecified atom stereocenters. The molecule has 0 radical (unpaired) electrons. The molecule has 5 heteroatoms. The van der Waals surface area contributed by atoms with Crippen LogP contribution in [0.2, 0.25) is 0 Å². The molecular weight excluding hydrogens is 424 g/mol. The van der Waals surface area contributed by atoms with Gasteiger partial charge in [-0.3, -0.25) is 4.79 Å². The van der Waals surface area contributed by atoms with Crippen molar-refractivity contribution in [2.45, 2.75) is 0 Å². The van der Waals surface area contributed by atoms with E-state index in [9.17, 15) is 9.59 Å². The van der Waals surface area contributed by atoms with Gasteiger partial charge in [0.15, 0.2) is 0 Å². The predicted molar refractivity (Wildman–Crippen MR) is 134 cm³/mol. The molecule has 0 saturated carbocycles. The number of hydrogen-bond acceptors (Lipinski definition) is 4. The molecule has 5 aromatic rings. The maximum atomic E-state index is 12.8. The van der Waals surface area contributed by atoms with Gasteiger partial charge in [0.05, 0.1) is 11.8 Å². The molecule has 1 N–H and O–H groups in total. The molecule has 34 heavy (non-hydrogen) atoms. The number of nitrogens with zero attached hydrogens (tertiary/aromatic N) is 1. The Kier molecular flexibility index (Phi) is 5.82. The molecule has 0 aliphatic heterocycles. The van der Waals surface area contributed by atoms with E-state index in [-0.39, 0.29) is 5.91 Å². The summed E-state index contributed by atoms with van der Waals surface area (Å²) >= 11 is 0. The zero-order chi connectivity index (χ0) is 23.3. The van der Waals surface area contributed by atoms with Crippen molar-refractivity contribution < 1.29 is 14.3 Å². The number of fused-ring (bicyclic) bond motifs is 2. The SMILES string of the molecule is O=C(N/N=C\c1cccc(OC(=O)c2cccc3ccccc23)c1)c1ccc2ccccc2c1. The van der Waals surface area contributed by atoms with Gasteiger partial charge in [-0.25, -0.2) is 10.2 Å². The van der Waals surface area contributed by atoms with E-state index in [1.165, 1.54) is 6.21 Å². The molecule has 5 nitrogen and oxygen atoms in total. The van der Waals surface area contributed by atoms with Gasteiger partial charge in [0.25, 0.3) is 5.91 Å². The third-order valence-corrected chi connectivity index (χ3v) is 5.47. The average Bonchev–Trinajstić information content (AvgIpc) is 2.88. The number of rotatable bonds is 5. The van der Waals surface area contributed by atoms with Crippen LogP contribution in [-0.2, 0) is 0 Å². The number of carbonyl (C=O) groups is 2. The second-order valence-electron chi connectivity index (χ2n) is 7.75. The van der Waals surface area contributed by atoms with Crippen LogP contribution in [0, 0.1) is 0 Å². The molecule has 0 fully saturated rings. The minimum atomic E-state index is -0.435. The van der Waals surface area contributed by atoms with Crippen molar-refractivity contribution in [1.82, 2.24) is 5.43 Å². The van der Waals surface area contributed by atoms with Gasteiger partial charge in [0.1, 0.15) is 5.75 Å². The monoisotopic (exact) mass is 444 g/mol. The second kappa shape index (κ2) is 9.38. The molecule has 0 aliphatic carbocycles. The summed E-state index contributed by atoms with van der Waals surface area (Å²) in [5, 5.41) is 7.91. The third kappa shape index (κ3) is 4.54. The van der Waals surface area contributed by atoms with Gasteiger partial charge in [0, 0.05) is 5.56 Å². The lowest BCUT2D eigenvalue weighted by Crippen LogP contribution is -2.17. The van der Waals surface area contributed by atoms with Crippen LogP contribution in [0.15, 0.2) is 114 Å². The van der Waals surface area contributed by atoms with Crippen LogP contribution in [0.1, 0.15) is 26.3 Å². The number of amides is 1. The zero-order valence-electron chi connectivity index (χ0n) is 18.1. The van der Waals surface area contributed by atoms with E-state index in [2.05, 4.69) is 10.5 Å². The van der Waals surface area contributed by atoms with Crippen molar-refractivity contribution in [3.63, 3.8) is 0 Å². The van der Waals surface area contributed by atoms with Gasteiger partial charge in [0.2, 0.25) is 0 Å². The molecule has 0 saturated heterocycles. The summed E-state index contributed by atoms with van der Waals surface area (Å²) in [4.78, 5) is 25.2. The van der Waals surface area contributed by atoms with Crippen molar-refractivity contribution in [2.75, 3.05) is 0 Å². The highest BCUT2D eigenvalue weighted by atomic mass is 16.5. The molecule has 0 bridgehead atoms. The molecule has 0 spiro atoms. The van der Waals surface area contributed by atoms with Crippen molar-refractivity contribution in [2.24, 2.45) is 5.10 Å². The summed E-state index contributed by atoms with van der Waals surface area (Å²) in [6, 6.07) is 33.5. The van der Waals surface area contributed by atoms with Gasteiger partial charge < -0.3 is 4.74 Å². The number of esters is 1. The van der Waals surface area contributed by atoms with Gasteiger partial charge in [-0.2, -0.15) is 5.10 Å². The van der Waals surface area contributed by atoms with Crippen molar-refractivity contribution in [3.8, 4) is 5.75 Å². The van der Waals surface area contributed by atoms with Crippen molar-refractivity contribution in [3.05, 3.63) is 126 Å². The van der Waals surface area contributed by atoms with E-state index in [1.807, 2.05) is 72.8 Å². The lowest BCUT2D eigenvalue weighted by Gasteiger charge is -2.08. The average molecular weight is 444 g/mol. The van der Waals surface area contributed by atoms with Gasteiger partial charge in [-0.05, 0) is 57.4 Å². The highest BCUT2D eigenvalue weighted by molar-refractivity contribution is 6.05. The molecule has 0 heterocycles. The largest absolute Gasteiger partial charge is 0.423 e. The van der Waals surface area contributed by atoms with Crippen LogP contribution in [0.25, 0.3) is 21.5 Å². The van der Waals surface area contributed by atoms with Crippen LogP contribution < -0.4 is 10.2 Å². The highest BCUT2D eigenvalue weighted by Gasteiger charge is 2.12. The first-order chi connectivity index (χ1) is 16.7. The number of carbonyl (C=O) groups excluding carboxylic acids is 2. The Morgan fingerprint density at radius 3 is 2.32 bits per heavy atom. The normalized spacial score (nSPS) is 11.1.